The van der Waals surface area contributed by atoms with E-state index in [4.69, 9.17) is 9.47 Å². The Hall–Kier alpha value is -0.790. The lowest BCUT2D eigenvalue weighted by Crippen LogP contribution is -2.64. The number of likely N-dealkylation sites (tertiary alicyclic amines) is 1. The first-order valence-electron chi connectivity index (χ1n) is 8.48. The molecule has 5 heteroatoms. The van der Waals surface area contributed by atoms with E-state index in [2.05, 4.69) is 46.7 Å². The van der Waals surface area contributed by atoms with Crippen LogP contribution < -0.4 is 9.47 Å². The largest absolute Gasteiger partial charge is 0.493 e. The molecule has 0 radical (unpaired) electrons. The van der Waals surface area contributed by atoms with Crippen LogP contribution in [-0.4, -0.2) is 53.9 Å². The van der Waals surface area contributed by atoms with Crippen LogP contribution in [0.1, 0.15) is 17.5 Å². The number of likely N-dealkylation sites (N-methyl/N-ethyl adjacent to an activating group) is 1. The fraction of sp³-hybridized carbons (Fsp3) is 0.579. The quantitative estimate of drug-likeness (QED) is 0.414. The molecule has 1 spiro atoms. The summed E-state index contributed by atoms with van der Waals surface area (Å²) in [6.07, 6.45) is 5.54. The van der Waals surface area contributed by atoms with Gasteiger partial charge in [-0.1, -0.05) is 40.8 Å². The Morgan fingerprint density at radius 2 is 2.12 bits per heavy atom. The average Bonchev–Trinajstić information content (AvgIpc) is 2.97. The zero-order chi connectivity index (χ0) is 17.1. The van der Waals surface area contributed by atoms with Gasteiger partial charge in [-0.25, -0.2) is 0 Å². The standard InChI is InChI=1S/C18H21NO3.CH3I/c1-19-8-7-18-11-4-5-13(20)17(18)22-16-14(21-2)6-3-10(15(16)18)9-12(11)19;1-2/h3-6,11-13,17,20H,7-9H2,1-2H3;1H3/t11-,12+,13-,17-,18-;/m0./s1. The van der Waals surface area contributed by atoms with E-state index in [0.29, 0.717) is 12.0 Å². The summed E-state index contributed by atoms with van der Waals surface area (Å²) >= 11 is 2.15. The molecule has 4 nitrogen and oxygen atoms in total. The molecule has 0 saturated carbocycles. The minimum atomic E-state index is -0.539. The maximum atomic E-state index is 10.6. The molecule has 0 aromatic heterocycles. The van der Waals surface area contributed by atoms with Gasteiger partial charge in [0.1, 0.15) is 12.2 Å². The summed E-state index contributed by atoms with van der Waals surface area (Å²) in [5, 5.41) is 10.6. The number of methoxy groups -OCH3 is 1. The van der Waals surface area contributed by atoms with Gasteiger partial charge < -0.3 is 19.5 Å². The van der Waals surface area contributed by atoms with E-state index in [1.54, 1.807) is 7.11 Å². The molecular formula is C19H24INO3. The molecule has 1 aromatic carbocycles. The molecule has 130 valence electrons. The molecule has 0 unspecified atom stereocenters. The maximum Gasteiger partial charge on any atom is 0.165 e. The highest BCUT2D eigenvalue weighted by Gasteiger charge is 2.64. The molecule has 2 aliphatic heterocycles. The van der Waals surface area contributed by atoms with Crippen molar-refractivity contribution in [3.05, 3.63) is 35.4 Å². The second-order valence-electron chi connectivity index (χ2n) is 7.11. The lowest BCUT2D eigenvalue weighted by molar-refractivity contribution is -0.0453. The number of rotatable bonds is 1. The Morgan fingerprint density at radius 1 is 1.33 bits per heavy atom. The molecule has 2 heterocycles. The van der Waals surface area contributed by atoms with Crippen molar-refractivity contribution in [1.29, 1.82) is 0 Å². The summed E-state index contributed by atoms with van der Waals surface area (Å²) in [5.41, 5.74) is 2.60. The molecule has 2 bridgehead atoms. The Labute approximate surface area is 157 Å². The number of alkyl halides is 1. The molecule has 5 rings (SSSR count). The summed E-state index contributed by atoms with van der Waals surface area (Å²) < 4.78 is 11.8. The minimum Gasteiger partial charge on any atom is -0.493 e. The van der Waals surface area contributed by atoms with Crippen LogP contribution in [0, 0.1) is 5.92 Å². The van der Waals surface area contributed by atoms with Crippen LogP contribution in [0.5, 0.6) is 11.5 Å². The van der Waals surface area contributed by atoms with Gasteiger partial charge in [0.15, 0.2) is 11.5 Å². The van der Waals surface area contributed by atoms with Crippen molar-refractivity contribution in [2.24, 2.45) is 5.92 Å². The van der Waals surface area contributed by atoms with Crippen LogP contribution >= 0.6 is 22.6 Å². The summed E-state index contributed by atoms with van der Waals surface area (Å²) in [7, 11) is 3.91. The van der Waals surface area contributed by atoms with E-state index in [1.165, 1.54) is 11.1 Å². The number of hydrogen-bond donors (Lipinski definition) is 1. The first-order valence-corrected chi connectivity index (χ1v) is 10.6. The van der Waals surface area contributed by atoms with Gasteiger partial charge in [-0.3, -0.25) is 0 Å². The van der Waals surface area contributed by atoms with E-state index in [9.17, 15) is 5.11 Å². The second kappa shape index (κ2) is 5.88. The van der Waals surface area contributed by atoms with Crippen LogP contribution in [0.3, 0.4) is 0 Å². The van der Waals surface area contributed by atoms with E-state index < -0.39 is 6.10 Å². The number of aliphatic hydroxyl groups is 1. The highest BCUT2D eigenvalue weighted by Crippen LogP contribution is 2.62. The Kier molecular flexibility index (Phi) is 4.09. The molecule has 1 N–H and O–H groups in total. The number of halogens is 1. The SMILES string of the molecule is CI.COc1ccc2c3c1O[C@H]1[C@@H](O)C=C[C@H]4[C@@H](C2)N(C)CC[C@@]341. The first-order chi connectivity index (χ1) is 11.7. The smallest absolute Gasteiger partial charge is 0.165 e. The second-order valence-corrected chi connectivity index (χ2v) is 7.11. The summed E-state index contributed by atoms with van der Waals surface area (Å²) in [6, 6.07) is 4.70. The third-order valence-electron chi connectivity index (χ3n) is 6.35. The fourth-order valence-corrected chi connectivity index (χ4v) is 5.39. The van der Waals surface area contributed by atoms with Crippen LogP contribution in [0.2, 0.25) is 0 Å². The average molecular weight is 441 g/mol. The number of nitrogens with zero attached hydrogens (tertiary/aromatic N) is 1. The third kappa shape index (κ3) is 1.92. The Morgan fingerprint density at radius 3 is 2.88 bits per heavy atom. The minimum absolute atomic E-state index is 0.0806. The van der Waals surface area contributed by atoms with Gasteiger partial charge in [0.25, 0.3) is 0 Å². The Bertz CT molecular complexity index is 691. The van der Waals surface area contributed by atoms with Crippen molar-refractivity contribution in [2.75, 3.05) is 25.6 Å². The van der Waals surface area contributed by atoms with E-state index in [1.807, 2.05) is 17.1 Å². The maximum absolute atomic E-state index is 10.6. The number of piperidine rings is 1. The lowest BCUT2D eigenvalue weighted by Gasteiger charge is -2.56. The number of benzene rings is 1. The van der Waals surface area contributed by atoms with Crippen LogP contribution in [-0.2, 0) is 11.8 Å². The first kappa shape index (κ1) is 16.7. The highest BCUT2D eigenvalue weighted by molar-refractivity contribution is 14.1. The number of hydrogen-bond acceptors (Lipinski definition) is 4. The summed E-state index contributed by atoms with van der Waals surface area (Å²) in [5.74, 6) is 2.09. The molecule has 2 aliphatic carbocycles. The highest BCUT2D eigenvalue weighted by atomic mass is 127. The predicted molar refractivity (Wildman–Crippen MR) is 102 cm³/mol. The molecule has 1 saturated heterocycles. The van der Waals surface area contributed by atoms with Crippen LogP contribution in [0.25, 0.3) is 0 Å². The molecule has 0 amide bonds. The van der Waals surface area contributed by atoms with Gasteiger partial charge in [0.2, 0.25) is 0 Å². The van der Waals surface area contributed by atoms with Crippen molar-refractivity contribution < 1.29 is 14.6 Å². The van der Waals surface area contributed by atoms with E-state index >= 15 is 0 Å². The van der Waals surface area contributed by atoms with Crippen molar-refractivity contribution >= 4 is 22.6 Å². The zero-order valence-electron chi connectivity index (χ0n) is 14.3. The predicted octanol–water partition coefficient (Wildman–Crippen LogP) is 2.55. The normalized spacial score (nSPS) is 37.9. The van der Waals surface area contributed by atoms with Crippen LogP contribution in [0.15, 0.2) is 24.3 Å². The van der Waals surface area contributed by atoms with Gasteiger partial charge in [0, 0.05) is 22.9 Å². The van der Waals surface area contributed by atoms with Gasteiger partial charge in [-0.2, -0.15) is 0 Å². The molecular weight excluding hydrogens is 417 g/mol. The van der Waals surface area contributed by atoms with Crippen LogP contribution in [0.4, 0.5) is 0 Å². The molecule has 24 heavy (non-hydrogen) atoms. The third-order valence-corrected chi connectivity index (χ3v) is 6.35. The van der Waals surface area contributed by atoms with Crippen molar-refractivity contribution in [3.8, 4) is 11.5 Å². The molecule has 5 atom stereocenters. The van der Waals surface area contributed by atoms with E-state index in [-0.39, 0.29) is 11.5 Å². The van der Waals surface area contributed by atoms with Gasteiger partial charge in [-0.15, -0.1) is 0 Å². The van der Waals surface area contributed by atoms with Crippen molar-refractivity contribution in [3.63, 3.8) is 0 Å². The number of aliphatic hydroxyl groups excluding tert-OH is 1. The molecule has 1 fully saturated rings. The van der Waals surface area contributed by atoms with Crippen molar-refractivity contribution in [1.82, 2.24) is 4.90 Å². The van der Waals surface area contributed by atoms with Gasteiger partial charge >= 0.3 is 0 Å². The monoisotopic (exact) mass is 441 g/mol. The van der Waals surface area contributed by atoms with E-state index in [0.717, 1.165) is 30.9 Å². The molecule has 1 aromatic rings. The van der Waals surface area contributed by atoms with Crippen molar-refractivity contribution in [2.45, 2.75) is 36.5 Å². The Balaban J connectivity index is 0.000000704. The number of ether oxygens (including phenoxy) is 2. The zero-order valence-corrected chi connectivity index (χ0v) is 16.5. The van der Waals surface area contributed by atoms with Gasteiger partial charge in [0.05, 0.1) is 7.11 Å². The molecule has 4 aliphatic rings. The fourth-order valence-electron chi connectivity index (χ4n) is 5.39. The summed E-state index contributed by atoms with van der Waals surface area (Å²) in [4.78, 5) is 4.44. The topological polar surface area (TPSA) is 41.9 Å². The lowest BCUT2D eigenvalue weighted by atomic mass is 9.53. The van der Waals surface area contributed by atoms with Gasteiger partial charge in [-0.05, 0) is 43.0 Å². The summed E-state index contributed by atoms with van der Waals surface area (Å²) in [6.45, 7) is 1.05.